The molecule has 1 heterocycles. The van der Waals surface area contributed by atoms with E-state index in [-0.39, 0.29) is 18.4 Å². The second-order valence-corrected chi connectivity index (χ2v) is 7.71. The molecule has 0 amide bonds. The number of rotatable bonds is 5. The van der Waals surface area contributed by atoms with Crippen LogP contribution in [0.5, 0.6) is 0 Å². The highest BCUT2D eigenvalue weighted by atomic mass is 35.5. The minimum atomic E-state index is -3.39. The Bertz CT molecular complexity index is 550. The summed E-state index contributed by atoms with van der Waals surface area (Å²) in [5.74, 6) is 0. The van der Waals surface area contributed by atoms with Gasteiger partial charge in [-0.1, -0.05) is 19.4 Å². The largest absolute Gasteiger partial charge is 0.314 e. The molecular formula is C14H23ClN2O2S2. The molecule has 1 aromatic rings. The molecule has 1 N–H and O–H groups in total. The van der Waals surface area contributed by atoms with Crippen molar-refractivity contribution in [2.45, 2.75) is 35.6 Å². The standard InChI is InChI=1S/C14H22N2O2S2.ClH/c1-3-5-12-11-15-8-9-16(12)20(17,18)14-7-4-6-13(10-14)19-2;/h4,6-7,10,12,15H,3,5,8-9,11H2,1-2H3;1H. The second-order valence-electron chi connectivity index (χ2n) is 4.94. The summed E-state index contributed by atoms with van der Waals surface area (Å²) in [6.07, 6.45) is 3.84. The van der Waals surface area contributed by atoms with Gasteiger partial charge < -0.3 is 5.32 Å². The molecule has 1 unspecified atom stereocenters. The molecule has 7 heteroatoms. The molecule has 0 aromatic heterocycles. The Morgan fingerprint density at radius 3 is 2.86 bits per heavy atom. The molecule has 21 heavy (non-hydrogen) atoms. The van der Waals surface area contributed by atoms with Crippen LogP contribution in [0, 0.1) is 0 Å². The van der Waals surface area contributed by atoms with E-state index in [9.17, 15) is 8.42 Å². The average molecular weight is 351 g/mol. The summed E-state index contributed by atoms with van der Waals surface area (Å²) in [7, 11) is -3.39. The van der Waals surface area contributed by atoms with Crippen LogP contribution in [0.1, 0.15) is 19.8 Å². The first-order chi connectivity index (χ1) is 9.59. The fourth-order valence-corrected chi connectivity index (χ4v) is 4.77. The summed E-state index contributed by atoms with van der Waals surface area (Å²) in [5.41, 5.74) is 0. The third-order valence-corrected chi connectivity index (χ3v) is 6.24. The van der Waals surface area contributed by atoms with Crippen molar-refractivity contribution in [1.82, 2.24) is 9.62 Å². The third-order valence-electron chi connectivity index (χ3n) is 3.57. The van der Waals surface area contributed by atoms with E-state index in [1.54, 1.807) is 28.2 Å². The van der Waals surface area contributed by atoms with Gasteiger partial charge in [0.05, 0.1) is 4.90 Å². The van der Waals surface area contributed by atoms with Crippen LogP contribution in [-0.4, -0.2) is 44.7 Å². The number of hydrogen-bond donors (Lipinski definition) is 1. The van der Waals surface area contributed by atoms with E-state index in [2.05, 4.69) is 12.2 Å². The van der Waals surface area contributed by atoms with E-state index < -0.39 is 10.0 Å². The van der Waals surface area contributed by atoms with Crippen molar-refractivity contribution < 1.29 is 8.42 Å². The summed E-state index contributed by atoms with van der Waals surface area (Å²) in [6.45, 7) is 4.11. The van der Waals surface area contributed by atoms with Crippen molar-refractivity contribution in [1.29, 1.82) is 0 Å². The van der Waals surface area contributed by atoms with E-state index in [0.717, 1.165) is 30.8 Å². The van der Waals surface area contributed by atoms with E-state index in [1.807, 2.05) is 18.4 Å². The van der Waals surface area contributed by atoms with Crippen LogP contribution in [-0.2, 0) is 10.0 Å². The Kier molecular flexibility index (Phi) is 7.50. The minimum absolute atomic E-state index is 0. The highest BCUT2D eigenvalue weighted by Gasteiger charge is 2.32. The number of halogens is 1. The van der Waals surface area contributed by atoms with Crippen molar-refractivity contribution in [3.63, 3.8) is 0 Å². The van der Waals surface area contributed by atoms with Crippen LogP contribution in [0.2, 0.25) is 0 Å². The third kappa shape index (κ3) is 4.36. The van der Waals surface area contributed by atoms with Crippen molar-refractivity contribution >= 4 is 34.2 Å². The highest BCUT2D eigenvalue weighted by Crippen LogP contribution is 2.25. The van der Waals surface area contributed by atoms with Gasteiger partial charge in [0.1, 0.15) is 0 Å². The topological polar surface area (TPSA) is 49.4 Å². The fraction of sp³-hybridized carbons (Fsp3) is 0.571. The maximum Gasteiger partial charge on any atom is 0.243 e. The number of hydrogen-bond acceptors (Lipinski definition) is 4. The average Bonchev–Trinajstić information content (AvgIpc) is 2.48. The van der Waals surface area contributed by atoms with Crippen molar-refractivity contribution in [2.75, 3.05) is 25.9 Å². The molecule has 1 aromatic carbocycles. The molecule has 0 saturated carbocycles. The lowest BCUT2D eigenvalue weighted by atomic mass is 10.1. The van der Waals surface area contributed by atoms with E-state index in [4.69, 9.17) is 0 Å². The Morgan fingerprint density at radius 2 is 2.19 bits per heavy atom. The van der Waals surface area contributed by atoms with Gasteiger partial charge in [-0.05, 0) is 30.9 Å². The maximum atomic E-state index is 12.8. The SMILES string of the molecule is CCCC1CNCCN1S(=O)(=O)c1cccc(SC)c1.Cl. The second kappa shape index (κ2) is 8.39. The molecule has 0 aliphatic carbocycles. The van der Waals surface area contributed by atoms with Crippen LogP contribution < -0.4 is 5.32 Å². The molecule has 2 rings (SSSR count). The van der Waals surface area contributed by atoms with Crippen LogP contribution in [0.3, 0.4) is 0 Å². The summed E-state index contributed by atoms with van der Waals surface area (Å²) >= 11 is 1.56. The molecule has 4 nitrogen and oxygen atoms in total. The first-order valence-electron chi connectivity index (χ1n) is 6.96. The Labute approximate surface area is 138 Å². The Hall–Kier alpha value is -0.270. The quantitative estimate of drug-likeness (QED) is 0.829. The molecule has 1 aliphatic heterocycles. The minimum Gasteiger partial charge on any atom is -0.314 e. The zero-order valence-corrected chi connectivity index (χ0v) is 14.9. The van der Waals surface area contributed by atoms with Gasteiger partial charge in [-0.2, -0.15) is 4.31 Å². The summed E-state index contributed by atoms with van der Waals surface area (Å²) in [4.78, 5) is 1.39. The fourth-order valence-electron chi connectivity index (χ4n) is 2.54. The first kappa shape index (κ1) is 18.8. The summed E-state index contributed by atoms with van der Waals surface area (Å²) < 4.78 is 27.3. The Balaban J connectivity index is 0.00000220. The predicted molar refractivity (Wildman–Crippen MR) is 90.9 cm³/mol. The number of thioether (sulfide) groups is 1. The predicted octanol–water partition coefficient (Wildman–Crippen LogP) is 2.59. The van der Waals surface area contributed by atoms with E-state index in [1.165, 1.54) is 0 Å². The molecular weight excluding hydrogens is 328 g/mol. The molecule has 1 saturated heterocycles. The van der Waals surface area contributed by atoms with Gasteiger partial charge in [0, 0.05) is 30.6 Å². The zero-order valence-electron chi connectivity index (χ0n) is 12.4. The van der Waals surface area contributed by atoms with E-state index in [0.29, 0.717) is 11.4 Å². The number of nitrogens with one attached hydrogen (secondary N) is 1. The summed E-state index contributed by atoms with van der Waals surface area (Å²) in [5, 5.41) is 3.29. The Morgan fingerprint density at radius 1 is 1.43 bits per heavy atom. The molecule has 1 fully saturated rings. The van der Waals surface area contributed by atoms with Gasteiger partial charge in [-0.25, -0.2) is 8.42 Å². The number of piperazine rings is 1. The smallest absolute Gasteiger partial charge is 0.243 e. The van der Waals surface area contributed by atoms with Crippen LogP contribution >= 0.6 is 24.2 Å². The normalized spacial score (nSPS) is 20.0. The lowest BCUT2D eigenvalue weighted by Crippen LogP contribution is -2.53. The molecule has 1 aliphatic rings. The summed E-state index contributed by atoms with van der Waals surface area (Å²) in [6, 6.07) is 7.28. The molecule has 0 spiro atoms. The maximum absolute atomic E-state index is 12.8. The first-order valence-corrected chi connectivity index (χ1v) is 9.62. The van der Waals surface area contributed by atoms with Crippen LogP contribution in [0.15, 0.2) is 34.1 Å². The zero-order chi connectivity index (χ0) is 14.6. The van der Waals surface area contributed by atoms with Gasteiger partial charge in [-0.3, -0.25) is 0 Å². The van der Waals surface area contributed by atoms with Crippen LogP contribution in [0.25, 0.3) is 0 Å². The van der Waals surface area contributed by atoms with Crippen molar-refractivity contribution in [3.05, 3.63) is 24.3 Å². The van der Waals surface area contributed by atoms with Gasteiger partial charge >= 0.3 is 0 Å². The number of benzene rings is 1. The monoisotopic (exact) mass is 350 g/mol. The van der Waals surface area contributed by atoms with Gasteiger partial charge in [0.15, 0.2) is 0 Å². The lowest BCUT2D eigenvalue weighted by Gasteiger charge is -2.35. The molecule has 1 atom stereocenters. The highest BCUT2D eigenvalue weighted by molar-refractivity contribution is 7.98. The molecule has 0 bridgehead atoms. The van der Waals surface area contributed by atoms with Gasteiger partial charge in [0.25, 0.3) is 0 Å². The number of nitrogens with zero attached hydrogens (tertiary/aromatic N) is 1. The van der Waals surface area contributed by atoms with Crippen LogP contribution in [0.4, 0.5) is 0 Å². The van der Waals surface area contributed by atoms with Gasteiger partial charge in [-0.15, -0.1) is 24.2 Å². The molecule has 120 valence electrons. The van der Waals surface area contributed by atoms with Crippen molar-refractivity contribution in [2.24, 2.45) is 0 Å². The van der Waals surface area contributed by atoms with Crippen molar-refractivity contribution in [3.8, 4) is 0 Å². The number of sulfonamides is 1. The molecule has 0 radical (unpaired) electrons. The lowest BCUT2D eigenvalue weighted by molar-refractivity contribution is 0.254. The van der Waals surface area contributed by atoms with Gasteiger partial charge in [0.2, 0.25) is 10.0 Å². The van der Waals surface area contributed by atoms with E-state index >= 15 is 0 Å².